The normalized spacial score (nSPS) is 9.89. The van der Waals surface area contributed by atoms with Gasteiger partial charge in [0, 0.05) is 36.2 Å². The third-order valence-corrected chi connectivity index (χ3v) is 2.11. The van der Waals surface area contributed by atoms with Gasteiger partial charge in [0.25, 0.3) is 5.69 Å². The fraction of sp³-hybridized carbons (Fsp3) is 0.182. The molecule has 0 bridgehead atoms. The molecule has 19 heavy (non-hydrogen) atoms. The number of non-ortho nitro benzene ring substituents is 1. The van der Waals surface area contributed by atoms with E-state index in [2.05, 4.69) is 15.3 Å². The number of amides is 1. The van der Waals surface area contributed by atoms with Crippen LogP contribution in [0.15, 0.2) is 35.5 Å². The van der Waals surface area contributed by atoms with Crippen LogP contribution in [0, 0.1) is 10.1 Å². The SMILES string of the molecule is [N-]=[N+]=NCCNC(=O)C=Cc1ccc([N+](=O)[O-])cc1. The molecule has 0 aliphatic heterocycles. The molecule has 0 atom stereocenters. The number of hydrogen-bond donors (Lipinski definition) is 1. The minimum absolute atomic E-state index is 0.00373. The highest BCUT2D eigenvalue weighted by Gasteiger charge is 2.02. The molecule has 1 rings (SSSR count). The smallest absolute Gasteiger partial charge is 0.269 e. The molecule has 0 spiro atoms. The molecule has 0 aromatic heterocycles. The molecule has 0 unspecified atom stereocenters. The number of azide groups is 1. The van der Waals surface area contributed by atoms with Crippen LogP contribution in [0.25, 0.3) is 16.5 Å². The maximum atomic E-state index is 11.3. The molecule has 1 amide bonds. The van der Waals surface area contributed by atoms with Gasteiger partial charge in [0.05, 0.1) is 4.92 Å². The minimum atomic E-state index is -0.490. The largest absolute Gasteiger partial charge is 0.352 e. The van der Waals surface area contributed by atoms with E-state index in [-0.39, 0.29) is 24.7 Å². The number of nitro groups is 1. The van der Waals surface area contributed by atoms with Gasteiger partial charge in [-0.15, -0.1) is 0 Å². The quantitative estimate of drug-likeness (QED) is 0.160. The molecule has 8 heteroatoms. The Morgan fingerprint density at radius 3 is 2.74 bits per heavy atom. The number of nitrogens with one attached hydrogen (secondary N) is 1. The summed E-state index contributed by atoms with van der Waals surface area (Å²) in [4.78, 5) is 23.8. The van der Waals surface area contributed by atoms with Crippen molar-refractivity contribution in [2.24, 2.45) is 5.11 Å². The minimum Gasteiger partial charge on any atom is -0.352 e. The van der Waals surface area contributed by atoms with Gasteiger partial charge in [-0.2, -0.15) is 0 Å². The van der Waals surface area contributed by atoms with Crippen LogP contribution in [-0.4, -0.2) is 23.9 Å². The van der Waals surface area contributed by atoms with E-state index >= 15 is 0 Å². The Kier molecular flexibility index (Phi) is 5.58. The van der Waals surface area contributed by atoms with Crippen molar-refractivity contribution in [3.8, 4) is 0 Å². The van der Waals surface area contributed by atoms with Crippen LogP contribution < -0.4 is 5.32 Å². The van der Waals surface area contributed by atoms with Gasteiger partial charge < -0.3 is 5.32 Å². The van der Waals surface area contributed by atoms with Crippen molar-refractivity contribution in [3.63, 3.8) is 0 Å². The average molecular weight is 261 g/mol. The van der Waals surface area contributed by atoms with Crippen molar-refractivity contribution in [1.29, 1.82) is 0 Å². The Morgan fingerprint density at radius 2 is 2.16 bits per heavy atom. The molecule has 8 nitrogen and oxygen atoms in total. The van der Waals surface area contributed by atoms with Gasteiger partial charge in [-0.1, -0.05) is 5.11 Å². The molecule has 0 saturated heterocycles. The van der Waals surface area contributed by atoms with Crippen molar-refractivity contribution in [3.05, 3.63) is 56.5 Å². The molecule has 98 valence electrons. The number of hydrogen-bond acceptors (Lipinski definition) is 4. The first kappa shape index (κ1) is 14.2. The molecular weight excluding hydrogens is 250 g/mol. The lowest BCUT2D eigenvalue weighted by molar-refractivity contribution is -0.384. The molecule has 0 saturated carbocycles. The summed E-state index contributed by atoms with van der Waals surface area (Å²) in [5.41, 5.74) is 8.70. The highest BCUT2D eigenvalue weighted by molar-refractivity contribution is 5.91. The first-order chi connectivity index (χ1) is 9.13. The van der Waals surface area contributed by atoms with Crippen LogP contribution in [0.2, 0.25) is 0 Å². The van der Waals surface area contributed by atoms with Crippen LogP contribution >= 0.6 is 0 Å². The fourth-order valence-electron chi connectivity index (χ4n) is 1.21. The number of carbonyl (C=O) groups is 1. The van der Waals surface area contributed by atoms with Crippen molar-refractivity contribution in [2.75, 3.05) is 13.1 Å². The van der Waals surface area contributed by atoms with Gasteiger partial charge in [-0.3, -0.25) is 14.9 Å². The standard InChI is InChI=1S/C11H11N5O3/c12-15-14-8-7-13-11(17)6-3-9-1-4-10(5-2-9)16(18)19/h1-6H,7-8H2,(H,13,17). The van der Waals surface area contributed by atoms with Crippen LogP contribution in [0.1, 0.15) is 5.56 Å². The molecule has 0 aliphatic rings. The average Bonchev–Trinajstić information content (AvgIpc) is 2.42. The summed E-state index contributed by atoms with van der Waals surface area (Å²) >= 11 is 0. The Balaban J connectivity index is 2.49. The second-order valence-corrected chi connectivity index (χ2v) is 3.43. The highest BCUT2D eigenvalue weighted by atomic mass is 16.6. The number of rotatable bonds is 6. The Bertz CT molecular complexity index is 532. The fourth-order valence-corrected chi connectivity index (χ4v) is 1.21. The topological polar surface area (TPSA) is 121 Å². The number of benzene rings is 1. The van der Waals surface area contributed by atoms with E-state index in [1.54, 1.807) is 12.1 Å². The summed E-state index contributed by atoms with van der Waals surface area (Å²) in [6.07, 6.45) is 2.84. The van der Waals surface area contributed by atoms with E-state index in [0.29, 0.717) is 5.56 Å². The van der Waals surface area contributed by atoms with E-state index < -0.39 is 4.92 Å². The monoisotopic (exact) mass is 261 g/mol. The van der Waals surface area contributed by atoms with Crippen molar-refractivity contribution in [1.82, 2.24) is 5.32 Å². The number of nitro benzene ring substituents is 1. The van der Waals surface area contributed by atoms with Crippen LogP contribution in [0.4, 0.5) is 5.69 Å². The second-order valence-electron chi connectivity index (χ2n) is 3.43. The van der Waals surface area contributed by atoms with E-state index in [4.69, 9.17) is 5.53 Å². The molecule has 1 N–H and O–H groups in total. The van der Waals surface area contributed by atoms with Gasteiger partial charge in [-0.25, -0.2) is 0 Å². The summed E-state index contributed by atoms with van der Waals surface area (Å²) in [6, 6.07) is 5.81. The lowest BCUT2D eigenvalue weighted by atomic mass is 10.2. The molecule has 0 fully saturated rings. The molecule has 0 aliphatic carbocycles. The lowest BCUT2D eigenvalue weighted by Crippen LogP contribution is -2.23. The second kappa shape index (κ2) is 7.46. The summed E-state index contributed by atoms with van der Waals surface area (Å²) in [5.74, 6) is -0.327. The Labute approximate surface area is 108 Å². The highest BCUT2D eigenvalue weighted by Crippen LogP contribution is 2.12. The molecule has 1 aromatic carbocycles. The zero-order valence-corrected chi connectivity index (χ0v) is 9.89. The van der Waals surface area contributed by atoms with E-state index in [1.165, 1.54) is 24.3 Å². The van der Waals surface area contributed by atoms with Crippen LogP contribution in [-0.2, 0) is 4.79 Å². The molecular formula is C11H11N5O3. The van der Waals surface area contributed by atoms with Crippen molar-refractivity contribution >= 4 is 17.7 Å². The van der Waals surface area contributed by atoms with Gasteiger partial charge in [0.15, 0.2) is 0 Å². The Hall–Kier alpha value is -2.86. The third-order valence-electron chi connectivity index (χ3n) is 2.11. The summed E-state index contributed by atoms with van der Waals surface area (Å²) < 4.78 is 0. The van der Waals surface area contributed by atoms with E-state index in [1.807, 2.05) is 0 Å². The van der Waals surface area contributed by atoms with Crippen molar-refractivity contribution in [2.45, 2.75) is 0 Å². The maximum absolute atomic E-state index is 11.3. The van der Waals surface area contributed by atoms with Crippen molar-refractivity contribution < 1.29 is 9.72 Å². The first-order valence-corrected chi connectivity index (χ1v) is 5.34. The Morgan fingerprint density at radius 1 is 1.47 bits per heavy atom. The zero-order chi connectivity index (χ0) is 14.1. The zero-order valence-electron chi connectivity index (χ0n) is 9.89. The van der Waals surface area contributed by atoms with Crippen LogP contribution in [0.3, 0.4) is 0 Å². The summed E-state index contributed by atoms with van der Waals surface area (Å²) in [6.45, 7) is 0.446. The predicted octanol–water partition coefficient (Wildman–Crippen LogP) is 2.03. The lowest BCUT2D eigenvalue weighted by Gasteiger charge is -1.97. The molecule has 0 radical (unpaired) electrons. The van der Waals surface area contributed by atoms with E-state index in [0.717, 1.165) is 0 Å². The predicted molar refractivity (Wildman–Crippen MR) is 69.2 cm³/mol. The third kappa shape index (κ3) is 5.33. The first-order valence-electron chi connectivity index (χ1n) is 5.34. The summed E-state index contributed by atoms with van der Waals surface area (Å²) in [7, 11) is 0. The summed E-state index contributed by atoms with van der Waals surface area (Å²) in [5, 5.41) is 16.2. The van der Waals surface area contributed by atoms with Gasteiger partial charge in [-0.05, 0) is 29.3 Å². The van der Waals surface area contributed by atoms with Gasteiger partial charge in [0.2, 0.25) is 5.91 Å². The van der Waals surface area contributed by atoms with Crippen LogP contribution in [0.5, 0.6) is 0 Å². The molecule has 1 aromatic rings. The van der Waals surface area contributed by atoms with Gasteiger partial charge >= 0.3 is 0 Å². The van der Waals surface area contributed by atoms with Gasteiger partial charge in [0.1, 0.15) is 0 Å². The van der Waals surface area contributed by atoms with E-state index in [9.17, 15) is 14.9 Å². The number of nitrogens with zero attached hydrogens (tertiary/aromatic N) is 4. The maximum Gasteiger partial charge on any atom is 0.269 e. The number of carbonyl (C=O) groups excluding carboxylic acids is 1. The molecule has 0 heterocycles.